The normalized spacial score (nSPS) is 19.9. The minimum Gasteiger partial charge on any atom is -0.493 e. The van der Waals surface area contributed by atoms with Gasteiger partial charge >= 0.3 is 0 Å². The maximum Gasteiger partial charge on any atom is 0.122 e. The molecule has 1 aliphatic rings. The first-order valence-electron chi connectivity index (χ1n) is 7.28. The van der Waals surface area contributed by atoms with Crippen LogP contribution in [0, 0.1) is 5.92 Å². The van der Waals surface area contributed by atoms with Gasteiger partial charge in [-0.15, -0.1) is 0 Å². The standard InChI is InChI=1S/C16H25NO2/c1-12(2)15(7-9-18)17-11-13-8-10-19-16-6-4-3-5-14(13)16/h3-6,12-13,15,17-18H,7-11H2,1-2H3. The number of para-hydroxylation sites is 1. The van der Waals surface area contributed by atoms with Crippen molar-refractivity contribution in [1.29, 1.82) is 0 Å². The zero-order valence-electron chi connectivity index (χ0n) is 11.9. The molecule has 2 atom stereocenters. The molecule has 0 bridgehead atoms. The SMILES string of the molecule is CC(C)C(CCO)NCC1CCOc2ccccc21. The number of aliphatic hydroxyl groups is 1. The van der Waals surface area contributed by atoms with Crippen LogP contribution in [0.15, 0.2) is 24.3 Å². The molecule has 0 saturated carbocycles. The fourth-order valence-electron chi connectivity index (χ4n) is 2.73. The van der Waals surface area contributed by atoms with Gasteiger partial charge in [-0.05, 0) is 30.4 Å². The predicted molar refractivity (Wildman–Crippen MR) is 77.6 cm³/mol. The Labute approximate surface area is 116 Å². The zero-order chi connectivity index (χ0) is 13.7. The fraction of sp³-hybridized carbons (Fsp3) is 0.625. The Balaban J connectivity index is 1.97. The van der Waals surface area contributed by atoms with Crippen LogP contribution in [0.1, 0.15) is 38.2 Å². The van der Waals surface area contributed by atoms with Gasteiger partial charge in [0.05, 0.1) is 6.61 Å². The van der Waals surface area contributed by atoms with E-state index in [0.717, 1.165) is 31.7 Å². The first-order chi connectivity index (χ1) is 9.22. The number of ether oxygens (including phenoxy) is 1. The summed E-state index contributed by atoms with van der Waals surface area (Å²) in [5.74, 6) is 2.09. The second-order valence-corrected chi connectivity index (χ2v) is 5.64. The van der Waals surface area contributed by atoms with Crippen molar-refractivity contribution < 1.29 is 9.84 Å². The quantitative estimate of drug-likeness (QED) is 0.829. The van der Waals surface area contributed by atoms with Gasteiger partial charge in [-0.2, -0.15) is 0 Å². The monoisotopic (exact) mass is 263 g/mol. The van der Waals surface area contributed by atoms with E-state index in [4.69, 9.17) is 9.84 Å². The van der Waals surface area contributed by atoms with Crippen LogP contribution in [0.3, 0.4) is 0 Å². The van der Waals surface area contributed by atoms with E-state index in [1.54, 1.807) is 0 Å². The topological polar surface area (TPSA) is 41.5 Å². The zero-order valence-corrected chi connectivity index (χ0v) is 11.9. The molecule has 0 spiro atoms. The van der Waals surface area contributed by atoms with Crippen molar-refractivity contribution in [2.75, 3.05) is 19.8 Å². The molecule has 1 aromatic rings. The van der Waals surface area contributed by atoms with Crippen molar-refractivity contribution in [3.63, 3.8) is 0 Å². The summed E-state index contributed by atoms with van der Waals surface area (Å²) in [6, 6.07) is 8.71. The lowest BCUT2D eigenvalue weighted by Gasteiger charge is -2.29. The van der Waals surface area contributed by atoms with Gasteiger partial charge in [0.15, 0.2) is 0 Å². The molecule has 2 unspecified atom stereocenters. The molecule has 0 saturated heterocycles. The van der Waals surface area contributed by atoms with Crippen molar-refractivity contribution >= 4 is 0 Å². The molecule has 2 N–H and O–H groups in total. The molecule has 3 nitrogen and oxygen atoms in total. The Kier molecular flexibility index (Phi) is 5.23. The number of hydrogen-bond donors (Lipinski definition) is 2. The van der Waals surface area contributed by atoms with Crippen LogP contribution in [0.5, 0.6) is 5.75 Å². The van der Waals surface area contributed by atoms with E-state index in [2.05, 4.69) is 37.4 Å². The number of benzene rings is 1. The van der Waals surface area contributed by atoms with Crippen molar-refractivity contribution in [3.05, 3.63) is 29.8 Å². The maximum absolute atomic E-state index is 9.12. The van der Waals surface area contributed by atoms with E-state index in [0.29, 0.717) is 17.9 Å². The molecule has 106 valence electrons. The Bertz CT molecular complexity index is 392. The Morgan fingerprint density at radius 2 is 2.16 bits per heavy atom. The molecule has 3 heteroatoms. The molecule has 0 aliphatic carbocycles. The summed E-state index contributed by atoms with van der Waals surface area (Å²) < 4.78 is 5.69. The molecule has 1 aromatic carbocycles. The first-order valence-corrected chi connectivity index (χ1v) is 7.28. The maximum atomic E-state index is 9.12. The summed E-state index contributed by atoms with van der Waals surface area (Å²) in [5, 5.41) is 12.7. The van der Waals surface area contributed by atoms with E-state index >= 15 is 0 Å². The minimum absolute atomic E-state index is 0.250. The van der Waals surface area contributed by atoms with Gasteiger partial charge in [0.1, 0.15) is 5.75 Å². The van der Waals surface area contributed by atoms with Crippen molar-refractivity contribution in [1.82, 2.24) is 5.32 Å². The molecule has 0 amide bonds. The van der Waals surface area contributed by atoms with Crippen molar-refractivity contribution in [2.24, 2.45) is 5.92 Å². The van der Waals surface area contributed by atoms with Gasteiger partial charge in [0.2, 0.25) is 0 Å². The van der Waals surface area contributed by atoms with Crippen molar-refractivity contribution in [2.45, 2.75) is 38.6 Å². The summed E-state index contributed by atoms with van der Waals surface area (Å²) in [4.78, 5) is 0. The fourth-order valence-corrected chi connectivity index (χ4v) is 2.73. The Morgan fingerprint density at radius 3 is 2.89 bits per heavy atom. The van der Waals surface area contributed by atoms with E-state index in [1.807, 2.05) is 6.07 Å². The highest BCUT2D eigenvalue weighted by Crippen LogP contribution is 2.32. The lowest BCUT2D eigenvalue weighted by Crippen LogP contribution is -2.38. The highest BCUT2D eigenvalue weighted by molar-refractivity contribution is 5.37. The van der Waals surface area contributed by atoms with Gasteiger partial charge in [0, 0.05) is 25.1 Å². The first kappa shape index (κ1) is 14.4. The molecular formula is C16H25NO2. The summed E-state index contributed by atoms with van der Waals surface area (Å²) in [7, 11) is 0. The molecule has 1 aliphatic heterocycles. The van der Waals surface area contributed by atoms with Gasteiger partial charge in [-0.3, -0.25) is 0 Å². The van der Waals surface area contributed by atoms with E-state index in [-0.39, 0.29) is 6.61 Å². The predicted octanol–water partition coefficient (Wildman–Crippen LogP) is 2.55. The average Bonchev–Trinajstić information content (AvgIpc) is 2.43. The van der Waals surface area contributed by atoms with Gasteiger partial charge in [-0.1, -0.05) is 32.0 Å². The lowest BCUT2D eigenvalue weighted by atomic mass is 9.92. The number of hydrogen-bond acceptors (Lipinski definition) is 3. The molecule has 0 radical (unpaired) electrons. The highest BCUT2D eigenvalue weighted by Gasteiger charge is 2.22. The average molecular weight is 263 g/mol. The second-order valence-electron chi connectivity index (χ2n) is 5.64. The molecule has 0 fully saturated rings. The van der Waals surface area contributed by atoms with Crippen LogP contribution >= 0.6 is 0 Å². The number of nitrogens with one attached hydrogen (secondary N) is 1. The minimum atomic E-state index is 0.250. The Hall–Kier alpha value is -1.06. The summed E-state index contributed by atoms with van der Waals surface area (Å²) in [6.07, 6.45) is 1.89. The van der Waals surface area contributed by atoms with Crippen LogP contribution in [0.4, 0.5) is 0 Å². The Morgan fingerprint density at radius 1 is 1.37 bits per heavy atom. The van der Waals surface area contributed by atoms with Crippen LogP contribution in [0.25, 0.3) is 0 Å². The van der Waals surface area contributed by atoms with Gasteiger partial charge in [-0.25, -0.2) is 0 Å². The second kappa shape index (κ2) is 6.92. The van der Waals surface area contributed by atoms with Gasteiger partial charge < -0.3 is 15.2 Å². The summed E-state index contributed by atoms with van der Waals surface area (Å²) in [6.45, 7) is 6.41. The molecule has 19 heavy (non-hydrogen) atoms. The number of fused-ring (bicyclic) bond motifs is 1. The smallest absolute Gasteiger partial charge is 0.122 e. The third-order valence-electron chi connectivity index (χ3n) is 3.95. The lowest BCUT2D eigenvalue weighted by molar-refractivity contribution is 0.232. The third-order valence-corrected chi connectivity index (χ3v) is 3.95. The number of rotatable bonds is 6. The molecule has 0 aromatic heterocycles. The molecule has 1 heterocycles. The van der Waals surface area contributed by atoms with Crippen LogP contribution in [-0.2, 0) is 0 Å². The molecular weight excluding hydrogens is 238 g/mol. The summed E-state index contributed by atoms with van der Waals surface area (Å²) >= 11 is 0. The largest absolute Gasteiger partial charge is 0.493 e. The van der Waals surface area contributed by atoms with Crippen LogP contribution in [0.2, 0.25) is 0 Å². The molecule has 2 rings (SSSR count). The highest BCUT2D eigenvalue weighted by atomic mass is 16.5. The summed E-state index contributed by atoms with van der Waals surface area (Å²) in [5.41, 5.74) is 1.31. The van der Waals surface area contributed by atoms with E-state index < -0.39 is 0 Å². The third kappa shape index (κ3) is 3.71. The van der Waals surface area contributed by atoms with Gasteiger partial charge in [0.25, 0.3) is 0 Å². The van der Waals surface area contributed by atoms with Crippen LogP contribution in [-0.4, -0.2) is 30.9 Å². The van der Waals surface area contributed by atoms with Crippen LogP contribution < -0.4 is 10.1 Å². The number of aliphatic hydroxyl groups excluding tert-OH is 1. The van der Waals surface area contributed by atoms with E-state index in [9.17, 15) is 0 Å². The van der Waals surface area contributed by atoms with Crippen molar-refractivity contribution in [3.8, 4) is 5.75 Å². The van der Waals surface area contributed by atoms with E-state index in [1.165, 1.54) is 5.56 Å².